The quantitative estimate of drug-likeness (QED) is 0.342. The maximum absolute atomic E-state index is 10.5. The Bertz CT molecular complexity index is 147. The van der Waals surface area contributed by atoms with Crippen LogP contribution in [0.4, 0.5) is 0 Å². The summed E-state index contributed by atoms with van der Waals surface area (Å²) in [5.74, 6) is -0.142. The van der Waals surface area contributed by atoms with Gasteiger partial charge in [0.15, 0.2) is 0 Å². The third kappa shape index (κ3) is 6.56. The van der Waals surface area contributed by atoms with Crippen LogP contribution in [0.2, 0.25) is 0 Å². The lowest BCUT2D eigenvalue weighted by molar-refractivity contribution is -0.757. The summed E-state index contributed by atoms with van der Waals surface area (Å²) in [6, 6.07) is 0. The number of carbonyl (C=O) groups is 1. The molecule has 0 rings (SSSR count). The first kappa shape index (κ1) is 9.67. The first-order chi connectivity index (χ1) is 5.16. The molecule has 0 aromatic rings. The summed E-state index contributed by atoms with van der Waals surface area (Å²) in [6.45, 7) is -0.0274. The van der Waals surface area contributed by atoms with E-state index in [1.807, 2.05) is 0 Å². The molecule has 0 aromatic heterocycles. The van der Waals surface area contributed by atoms with Crippen LogP contribution >= 0.6 is 0 Å². The monoisotopic (exact) mass is 162 g/mol. The SMILES string of the molecule is CNC(=O)CCCO[N+](=O)[O-]. The number of amides is 1. The Morgan fingerprint density at radius 1 is 1.73 bits per heavy atom. The van der Waals surface area contributed by atoms with Crippen molar-refractivity contribution in [3.8, 4) is 0 Å². The molecule has 0 aliphatic heterocycles. The van der Waals surface area contributed by atoms with Crippen molar-refractivity contribution in [2.75, 3.05) is 13.7 Å². The normalized spacial score (nSPS) is 8.82. The van der Waals surface area contributed by atoms with Crippen LogP contribution in [0.15, 0.2) is 0 Å². The zero-order valence-corrected chi connectivity index (χ0v) is 6.20. The maximum Gasteiger partial charge on any atom is 0.294 e. The number of nitrogens with zero attached hydrogens (tertiary/aromatic N) is 1. The van der Waals surface area contributed by atoms with Crippen molar-refractivity contribution in [2.45, 2.75) is 12.8 Å². The van der Waals surface area contributed by atoms with Crippen LogP contribution in [0.5, 0.6) is 0 Å². The second kappa shape index (κ2) is 5.45. The van der Waals surface area contributed by atoms with Crippen LogP contribution in [0.1, 0.15) is 12.8 Å². The molecule has 0 aliphatic rings. The fraction of sp³-hybridized carbons (Fsp3) is 0.800. The molecule has 0 atom stereocenters. The van der Waals surface area contributed by atoms with E-state index in [9.17, 15) is 14.9 Å². The summed E-state index contributed by atoms with van der Waals surface area (Å²) in [7, 11) is 1.51. The Hall–Kier alpha value is -1.33. The van der Waals surface area contributed by atoms with Crippen LogP contribution in [0.25, 0.3) is 0 Å². The van der Waals surface area contributed by atoms with E-state index in [1.165, 1.54) is 7.05 Å². The lowest BCUT2D eigenvalue weighted by atomic mass is 10.3. The highest BCUT2D eigenvalue weighted by molar-refractivity contribution is 5.75. The third-order valence-electron chi connectivity index (χ3n) is 1.02. The molecular formula is C5H10N2O4. The molecule has 6 nitrogen and oxygen atoms in total. The van der Waals surface area contributed by atoms with Crippen LogP contribution in [0, 0.1) is 10.1 Å². The number of hydrogen-bond donors (Lipinski definition) is 1. The van der Waals surface area contributed by atoms with E-state index >= 15 is 0 Å². The number of rotatable bonds is 5. The van der Waals surface area contributed by atoms with E-state index in [0.717, 1.165) is 0 Å². The molecule has 0 aliphatic carbocycles. The molecule has 0 fully saturated rings. The van der Waals surface area contributed by atoms with Crippen LogP contribution in [0.3, 0.4) is 0 Å². The van der Waals surface area contributed by atoms with Gasteiger partial charge in [0, 0.05) is 13.5 Å². The van der Waals surface area contributed by atoms with Crippen molar-refractivity contribution in [3.63, 3.8) is 0 Å². The van der Waals surface area contributed by atoms with Crippen molar-refractivity contribution in [2.24, 2.45) is 0 Å². The fourth-order valence-corrected chi connectivity index (χ4v) is 0.497. The smallest absolute Gasteiger partial charge is 0.294 e. The molecule has 1 amide bonds. The van der Waals surface area contributed by atoms with E-state index < -0.39 is 5.09 Å². The van der Waals surface area contributed by atoms with Gasteiger partial charge in [-0.05, 0) is 6.42 Å². The summed E-state index contributed by atoms with van der Waals surface area (Å²) < 4.78 is 0. The predicted molar refractivity (Wildman–Crippen MR) is 36.2 cm³/mol. The molecule has 64 valence electrons. The summed E-state index contributed by atoms with van der Waals surface area (Å²) in [4.78, 5) is 24.1. The molecule has 0 heterocycles. The van der Waals surface area contributed by atoms with E-state index in [1.54, 1.807) is 0 Å². The van der Waals surface area contributed by atoms with E-state index in [-0.39, 0.29) is 18.9 Å². The topological polar surface area (TPSA) is 81.5 Å². The molecule has 0 aromatic carbocycles. The minimum atomic E-state index is -0.871. The standard InChI is InChI=1S/C5H10N2O4/c1-6-5(8)3-2-4-11-7(9)10/h2-4H2,1H3,(H,6,8). The minimum Gasteiger partial charge on any atom is -0.359 e. The number of carbonyl (C=O) groups excluding carboxylic acids is 1. The highest BCUT2D eigenvalue weighted by atomic mass is 16.9. The zero-order valence-electron chi connectivity index (χ0n) is 6.20. The van der Waals surface area contributed by atoms with Gasteiger partial charge in [-0.15, -0.1) is 10.1 Å². The lowest BCUT2D eigenvalue weighted by Crippen LogP contribution is -2.18. The van der Waals surface area contributed by atoms with Crippen molar-refractivity contribution >= 4 is 5.91 Å². The van der Waals surface area contributed by atoms with Crippen LogP contribution in [-0.2, 0) is 9.63 Å². The summed E-state index contributed by atoms with van der Waals surface area (Å²) >= 11 is 0. The van der Waals surface area contributed by atoms with Crippen molar-refractivity contribution in [3.05, 3.63) is 10.1 Å². The highest BCUT2D eigenvalue weighted by Gasteiger charge is 1.98. The molecule has 0 saturated carbocycles. The van der Waals surface area contributed by atoms with Crippen molar-refractivity contribution < 1.29 is 14.7 Å². The first-order valence-corrected chi connectivity index (χ1v) is 3.14. The second-order valence-corrected chi connectivity index (χ2v) is 1.83. The van der Waals surface area contributed by atoms with Gasteiger partial charge in [0.2, 0.25) is 5.91 Å². The summed E-state index contributed by atoms with van der Waals surface area (Å²) in [6.07, 6.45) is 0.616. The predicted octanol–water partition coefficient (Wildman–Crippen LogP) is -0.279. The van der Waals surface area contributed by atoms with Gasteiger partial charge in [-0.3, -0.25) is 4.79 Å². The van der Waals surface area contributed by atoms with Gasteiger partial charge in [0.05, 0.1) is 6.61 Å². The molecule has 0 unspecified atom stereocenters. The Morgan fingerprint density at radius 3 is 2.82 bits per heavy atom. The average molecular weight is 162 g/mol. The highest BCUT2D eigenvalue weighted by Crippen LogP contribution is 1.89. The molecule has 6 heteroatoms. The van der Waals surface area contributed by atoms with Crippen molar-refractivity contribution in [1.29, 1.82) is 0 Å². The lowest BCUT2D eigenvalue weighted by Gasteiger charge is -1.97. The average Bonchev–Trinajstić information content (AvgIpc) is 1.97. The van der Waals surface area contributed by atoms with E-state index in [4.69, 9.17) is 0 Å². The Labute approximate surface area is 63.6 Å². The van der Waals surface area contributed by atoms with Gasteiger partial charge in [0.25, 0.3) is 5.09 Å². The van der Waals surface area contributed by atoms with Crippen LogP contribution < -0.4 is 5.32 Å². The molecule has 0 spiro atoms. The minimum absolute atomic E-state index is 0.0274. The fourth-order valence-electron chi connectivity index (χ4n) is 0.497. The molecule has 0 bridgehead atoms. The summed E-state index contributed by atoms with van der Waals surface area (Å²) in [5, 5.41) is 11.1. The van der Waals surface area contributed by atoms with Gasteiger partial charge in [-0.1, -0.05) is 0 Å². The molecular weight excluding hydrogens is 152 g/mol. The van der Waals surface area contributed by atoms with Gasteiger partial charge < -0.3 is 10.2 Å². The Balaban J connectivity index is 3.14. The zero-order chi connectivity index (χ0) is 8.69. The Morgan fingerprint density at radius 2 is 2.36 bits per heavy atom. The van der Waals surface area contributed by atoms with E-state index in [2.05, 4.69) is 10.2 Å². The third-order valence-corrected chi connectivity index (χ3v) is 1.02. The summed E-state index contributed by atoms with van der Waals surface area (Å²) in [5.41, 5.74) is 0. The number of nitrogens with one attached hydrogen (secondary N) is 1. The maximum atomic E-state index is 10.5. The molecule has 11 heavy (non-hydrogen) atoms. The second-order valence-electron chi connectivity index (χ2n) is 1.83. The molecule has 1 N–H and O–H groups in total. The van der Waals surface area contributed by atoms with Gasteiger partial charge >= 0.3 is 0 Å². The van der Waals surface area contributed by atoms with Crippen molar-refractivity contribution in [1.82, 2.24) is 5.32 Å². The van der Waals surface area contributed by atoms with Gasteiger partial charge in [0.1, 0.15) is 0 Å². The van der Waals surface area contributed by atoms with E-state index in [0.29, 0.717) is 6.42 Å². The molecule has 0 saturated heterocycles. The number of hydrogen-bond acceptors (Lipinski definition) is 4. The largest absolute Gasteiger partial charge is 0.359 e. The first-order valence-electron chi connectivity index (χ1n) is 3.14. The van der Waals surface area contributed by atoms with Gasteiger partial charge in [-0.25, -0.2) is 0 Å². The van der Waals surface area contributed by atoms with Gasteiger partial charge in [-0.2, -0.15) is 0 Å². The molecule has 0 radical (unpaired) electrons. The Kier molecular flexibility index (Phi) is 4.80. The van der Waals surface area contributed by atoms with Crippen LogP contribution in [-0.4, -0.2) is 24.6 Å².